The van der Waals surface area contributed by atoms with Gasteiger partial charge in [-0.2, -0.15) is 0 Å². The number of thioether (sulfide) groups is 1. The molecule has 1 fully saturated rings. The van der Waals surface area contributed by atoms with Gasteiger partial charge in [0, 0.05) is 48.3 Å². The zero-order chi connectivity index (χ0) is 22.4. The Morgan fingerprint density at radius 3 is 2.65 bits per heavy atom. The number of hydrogen-bond acceptors (Lipinski definition) is 7. The van der Waals surface area contributed by atoms with Crippen LogP contribution in [0, 0.1) is 5.92 Å². The summed E-state index contributed by atoms with van der Waals surface area (Å²) in [5, 5.41) is 3.72. The Morgan fingerprint density at radius 2 is 2.06 bits per heavy atom. The molecule has 1 amide bonds. The van der Waals surface area contributed by atoms with E-state index in [4.69, 9.17) is 10.7 Å². The molecule has 1 aliphatic carbocycles. The molecule has 1 aromatic rings. The molecule has 1 aliphatic heterocycles. The van der Waals surface area contributed by atoms with Gasteiger partial charge in [0.05, 0.1) is 5.70 Å². The summed E-state index contributed by atoms with van der Waals surface area (Å²) < 4.78 is 0. The Morgan fingerprint density at radius 1 is 1.35 bits per heavy atom. The summed E-state index contributed by atoms with van der Waals surface area (Å²) in [6.07, 6.45) is 6.12. The molecule has 0 aromatic heterocycles. The number of likely N-dealkylation sites (N-methyl/N-ethyl adjacent to an activating group) is 1. The van der Waals surface area contributed by atoms with Gasteiger partial charge >= 0.3 is 0 Å². The minimum atomic E-state index is 0.106. The van der Waals surface area contributed by atoms with Crippen molar-refractivity contribution in [2.24, 2.45) is 21.6 Å². The Balaban J connectivity index is 1.73. The van der Waals surface area contributed by atoms with Gasteiger partial charge in [0.25, 0.3) is 0 Å². The van der Waals surface area contributed by atoms with Crippen LogP contribution in [0.4, 0.5) is 5.69 Å². The molecule has 2 aliphatic rings. The van der Waals surface area contributed by atoms with Crippen LogP contribution < -0.4 is 21.9 Å². The molecule has 0 spiro atoms. The average molecular weight is 442 g/mol. The maximum Gasteiger partial charge on any atom is 0.227 e. The minimum Gasteiger partial charge on any atom is -0.403 e. The summed E-state index contributed by atoms with van der Waals surface area (Å²) in [6, 6.07) is 8.06. The van der Waals surface area contributed by atoms with E-state index in [1.54, 1.807) is 6.20 Å². The topological polar surface area (TPSA) is 107 Å². The van der Waals surface area contributed by atoms with Crippen LogP contribution in [0.2, 0.25) is 0 Å². The van der Waals surface area contributed by atoms with Crippen molar-refractivity contribution in [1.82, 2.24) is 15.8 Å². The standard InChI is InChI=1S/C22H31N7OS/c1-5-19(28-27-14(2)3)25-20-12-17(13-23)29(4)22(26-20)31-18-10-8-16(9-11-18)24-21(30)15-6-7-15/h8-15,27H,5-7,23H2,1-4H3,(H,24,30)(H,25,28)/b17-13-. The smallest absolute Gasteiger partial charge is 0.227 e. The Hall–Kier alpha value is -2.78. The Labute approximate surface area is 188 Å². The predicted molar refractivity (Wildman–Crippen MR) is 128 cm³/mol. The average Bonchev–Trinajstić information content (AvgIpc) is 3.60. The van der Waals surface area contributed by atoms with Gasteiger partial charge in [-0.05, 0) is 51.0 Å². The van der Waals surface area contributed by atoms with E-state index in [2.05, 4.69) is 35.0 Å². The van der Waals surface area contributed by atoms with E-state index in [9.17, 15) is 4.79 Å². The van der Waals surface area contributed by atoms with E-state index in [0.29, 0.717) is 5.82 Å². The van der Waals surface area contributed by atoms with E-state index in [1.165, 1.54) is 11.8 Å². The number of nitrogens with two attached hydrogens (primary N) is 1. The Kier molecular flexibility index (Phi) is 7.75. The van der Waals surface area contributed by atoms with Gasteiger partial charge in [-0.15, -0.1) is 0 Å². The van der Waals surface area contributed by atoms with Crippen molar-refractivity contribution < 1.29 is 4.79 Å². The molecule has 9 heteroatoms. The van der Waals surface area contributed by atoms with Gasteiger partial charge < -0.3 is 21.4 Å². The molecule has 0 unspecified atom stereocenters. The van der Waals surface area contributed by atoms with Gasteiger partial charge in [-0.1, -0.05) is 18.7 Å². The van der Waals surface area contributed by atoms with Crippen molar-refractivity contribution in [1.29, 1.82) is 0 Å². The molecule has 31 heavy (non-hydrogen) atoms. The zero-order valence-corrected chi connectivity index (χ0v) is 19.3. The number of aliphatic imine (C=N–C) groups is 2. The fourth-order valence-electron chi connectivity index (χ4n) is 2.72. The van der Waals surface area contributed by atoms with Crippen molar-refractivity contribution in [3.05, 3.63) is 48.1 Å². The number of carbonyl (C=O) groups is 1. The van der Waals surface area contributed by atoms with Gasteiger partial charge in [0.2, 0.25) is 5.91 Å². The molecule has 8 nitrogen and oxygen atoms in total. The molecule has 1 heterocycles. The number of amidine groups is 2. The highest BCUT2D eigenvalue weighted by atomic mass is 32.2. The normalized spacial score (nSPS) is 18.2. The van der Waals surface area contributed by atoms with Crippen molar-refractivity contribution >= 4 is 34.4 Å². The lowest BCUT2D eigenvalue weighted by Crippen LogP contribution is -2.41. The lowest BCUT2D eigenvalue weighted by molar-refractivity contribution is -0.117. The highest BCUT2D eigenvalue weighted by Crippen LogP contribution is 2.31. The predicted octanol–water partition coefficient (Wildman–Crippen LogP) is 3.38. The highest BCUT2D eigenvalue weighted by Gasteiger charge is 2.29. The molecule has 0 bridgehead atoms. The number of amides is 1. The third kappa shape index (κ3) is 6.60. The number of nitrogens with zero attached hydrogens (tertiary/aromatic N) is 3. The summed E-state index contributed by atoms with van der Waals surface area (Å²) in [4.78, 5) is 24.2. The lowest BCUT2D eigenvalue weighted by atomic mass is 10.3. The number of allylic oxidation sites excluding steroid dienone is 1. The van der Waals surface area contributed by atoms with Crippen molar-refractivity contribution in [2.75, 3.05) is 12.4 Å². The third-order valence-electron chi connectivity index (χ3n) is 4.70. The maximum atomic E-state index is 11.9. The lowest BCUT2D eigenvalue weighted by Gasteiger charge is -2.25. The molecule has 5 N–H and O–H groups in total. The number of hydrazine groups is 1. The SMILES string of the molecule is CC/C(=N/C1=CC(=C/N)/N(C)C(Sc2ccc(NC(=O)C3CC3)cc2)=N1)NNC(C)C. The van der Waals surface area contributed by atoms with Crippen LogP contribution in [-0.4, -0.2) is 34.9 Å². The number of benzene rings is 1. The summed E-state index contributed by atoms with van der Waals surface area (Å²) >= 11 is 1.52. The molecule has 0 radical (unpaired) electrons. The highest BCUT2D eigenvalue weighted by molar-refractivity contribution is 8.13. The van der Waals surface area contributed by atoms with Crippen LogP contribution >= 0.6 is 11.8 Å². The quantitative estimate of drug-likeness (QED) is 0.294. The van der Waals surface area contributed by atoms with Gasteiger partial charge in [-0.25, -0.2) is 15.4 Å². The summed E-state index contributed by atoms with van der Waals surface area (Å²) in [5.41, 5.74) is 13.8. The van der Waals surface area contributed by atoms with Crippen molar-refractivity contribution in [3.8, 4) is 0 Å². The van der Waals surface area contributed by atoms with E-state index in [1.807, 2.05) is 49.2 Å². The number of carbonyl (C=O) groups excluding carboxylic acids is 1. The van der Waals surface area contributed by atoms with Crippen LogP contribution in [-0.2, 0) is 4.79 Å². The van der Waals surface area contributed by atoms with Gasteiger partial charge in [-0.3, -0.25) is 4.79 Å². The van der Waals surface area contributed by atoms with Gasteiger partial charge in [0.15, 0.2) is 11.0 Å². The van der Waals surface area contributed by atoms with Gasteiger partial charge in [0.1, 0.15) is 5.84 Å². The number of anilines is 1. The van der Waals surface area contributed by atoms with E-state index >= 15 is 0 Å². The first-order valence-corrected chi connectivity index (χ1v) is 11.3. The monoisotopic (exact) mass is 441 g/mol. The largest absolute Gasteiger partial charge is 0.403 e. The van der Waals surface area contributed by atoms with Crippen LogP contribution in [0.1, 0.15) is 40.0 Å². The van der Waals surface area contributed by atoms with E-state index < -0.39 is 0 Å². The molecule has 0 atom stereocenters. The summed E-state index contributed by atoms with van der Waals surface area (Å²) in [5.74, 6) is 1.67. The van der Waals surface area contributed by atoms with Crippen molar-refractivity contribution in [2.45, 2.75) is 51.0 Å². The summed E-state index contributed by atoms with van der Waals surface area (Å²) in [6.45, 7) is 6.14. The van der Waals surface area contributed by atoms with E-state index in [0.717, 1.165) is 46.5 Å². The molecule has 166 valence electrons. The Bertz CT molecular complexity index is 914. The summed E-state index contributed by atoms with van der Waals surface area (Å²) in [7, 11) is 1.92. The second-order valence-corrected chi connectivity index (χ2v) is 8.81. The number of hydrogen-bond donors (Lipinski definition) is 4. The van der Waals surface area contributed by atoms with E-state index in [-0.39, 0.29) is 17.9 Å². The number of nitrogens with one attached hydrogen (secondary N) is 3. The fourth-order valence-corrected chi connectivity index (χ4v) is 3.58. The van der Waals surface area contributed by atoms with Crippen LogP contribution in [0.3, 0.4) is 0 Å². The third-order valence-corrected chi connectivity index (χ3v) is 5.76. The fraction of sp³-hybridized carbons (Fsp3) is 0.409. The number of rotatable bonds is 7. The van der Waals surface area contributed by atoms with Crippen LogP contribution in [0.15, 0.2) is 62.9 Å². The zero-order valence-electron chi connectivity index (χ0n) is 18.5. The second kappa shape index (κ2) is 10.5. The van der Waals surface area contributed by atoms with Crippen molar-refractivity contribution in [3.63, 3.8) is 0 Å². The first kappa shape index (κ1) is 22.9. The molecule has 0 saturated heterocycles. The first-order valence-electron chi connectivity index (χ1n) is 10.5. The minimum absolute atomic E-state index is 0.106. The molecular formula is C22H31N7OS. The molecular weight excluding hydrogens is 410 g/mol. The molecule has 1 saturated carbocycles. The molecule has 3 rings (SSSR count). The van der Waals surface area contributed by atoms with Crippen LogP contribution in [0.25, 0.3) is 0 Å². The second-order valence-electron chi connectivity index (χ2n) is 7.77. The molecule has 1 aromatic carbocycles. The first-order chi connectivity index (χ1) is 14.9. The maximum absolute atomic E-state index is 11.9. The van der Waals surface area contributed by atoms with Crippen LogP contribution in [0.5, 0.6) is 0 Å².